The molecule has 0 aliphatic carbocycles. The van der Waals surface area contributed by atoms with E-state index >= 15 is 0 Å². The fourth-order valence-corrected chi connectivity index (χ4v) is 2.39. The van der Waals surface area contributed by atoms with Gasteiger partial charge in [0.1, 0.15) is 11.6 Å². The summed E-state index contributed by atoms with van der Waals surface area (Å²) in [6.45, 7) is 1.79. The fourth-order valence-electron chi connectivity index (χ4n) is 2.21. The number of hydrogen-bond donors (Lipinski definition) is 0. The molecule has 2 aromatic rings. The van der Waals surface area contributed by atoms with Gasteiger partial charge in [0.05, 0.1) is 24.1 Å². The van der Waals surface area contributed by atoms with E-state index in [0.29, 0.717) is 11.4 Å². The SMILES string of the molecule is COc1cccc(CN(c2ccc(F)c(Cl)c2)[C@@H](C)C(=O)[O-])c1.[Li+]. The molecule has 122 valence electrons. The first kappa shape index (κ1) is 20.4. The van der Waals surface area contributed by atoms with Gasteiger partial charge in [-0.25, -0.2) is 4.39 Å². The summed E-state index contributed by atoms with van der Waals surface area (Å²) in [5.74, 6) is -1.12. The Morgan fingerprint density at radius 2 is 2.04 bits per heavy atom. The number of carbonyl (C=O) groups excluding carboxylic acids is 1. The zero-order valence-corrected chi connectivity index (χ0v) is 14.5. The number of carbonyl (C=O) groups is 1. The molecule has 0 saturated heterocycles. The molecule has 0 aromatic heterocycles. The van der Waals surface area contributed by atoms with Gasteiger partial charge in [0, 0.05) is 12.2 Å². The summed E-state index contributed by atoms with van der Waals surface area (Å²) in [6.07, 6.45) is 0. The van der Waals surface area contributed by atoms with Crippen LogP contribution < -0.4 is 33.6 Å². The van der Waals surface area contributed by atoms with Gasteiger partial charge >= 0.3 is 18.9 Å². The van der Waals surface area contributed by atoms with Crippen LogP contribution in [0, 0.1) is 5.82 Å². The minimum absolute atomic E-state index is 0. The van der Waals surface area contributed by atoms with Gasteiger partial charge in [-0.1, -0.05) is 23.7 Å². The van der Waals surface area contributed by atoms with E-state index in [1.165, 1.54) is 25.1 Å². The number of rotatable bonds is 6. The molecule has 0 aliphatic heterocycles. The molecule has 24 heavy (non-hydrogen) atoms. The fraction of sp³-hybridized carbons (Fsp3) is 0.235. The molecule has 0 unspecified atom stereocenters. The maximum Gasteiger partial charge on any atom is 1.00 e. The molecular formula is C17H16ClFLiNO3. The van der Waals surface area contributed by atoms with Gasteiger partial charge in [-0.05, 0) is 42.8 Å². The minimum atomic E-state index is -1.23. The van der Waals surface area contributed by atoms with Crippen LogP contribution in [0.15, 0.2) is 42.5 Å². The third-order valence-corrected chi connectivity index (χ3v) is 3.82. The van der Waals surface area contributed by atoms with Crippen LogP contribution in [0.5, 0.6) is 5.75 Å². The molecule has 0 saturated carbocycles. The number of nitrogens with zero attached hydrogens (tertiary/aromatic N) is 1. The minimum Gasteiger partial charge on any atom is -0.548 e. The van der Waals surface area contributed by atoms with Crippen LogP contribution in [0.4, 0.5) is 10.1 Å². The average molecular weight is 344 g/mol. The number of ether oxygens (including phenoxy) is 1. The Hall–Kier alpha value is -1.67. The van der Waals surface area contributed by atoms with Crippen molar-refractivity contribution in [2.24, 2.45) is 0 Å². The summed E-state index contributed by atoms with van der Waals surface area (Å²) < 4.78 is 18.5. The maximum absolute atomic E-state index is 13.4. The number of hydrogen-bond acceptors (Lipinski definition) is 4. The first-order valence-corrected chi connectivity index (χ1v) is 7.35. The van der Waals surface area contributed by atoms with Crippen molar-refractivity contribution in [2.75, 3.05) is 12.0 Å². The van der Waals surface area contributed by atoms with E-state index in [0.717, 1.165) is 5.56 Å². The Morgan fingerprint density at radius 1 is 1.33 bits per heavy atom. The van der Waals surface area contributed by atoms with Crippen molar-refractivity contribution in [3.05, 3.63) is 58.9 Å². The molecule has 0 spiro atoms. The van der Waals surface area contributed by atoms with Crippen molar-refractivity contribution in [3.63, 3.8) is 0 Å². The van der Waals surface area contributed by atoms with Crippen molar-refractivity contribution in [1.82, 2.24) is 0 Å². The van der Waals surface area contributed by atoms with E-state index in [9.17, 15) is 14.3 Å². The molecule has 4 nitrogen and oxygen atoms in total. The van der Waals surface area contributed by atoms with E-state index in [-0.39, 0.29) is 30.4 Å². The quantitative estimate of drug-likeness (QED) is 0.672. The third kappa shape index (κ3) is 4.91. The number of anilines is 1. The van der Waals surface area contributed by atoms with Crippen molar-refractivity contribution in [2.45, 2.75) is 19.5 Å². The zero-order chi connectivity index (χ0) is 17.0. The molecule has 0 fully saturated rings. The third-order valence-electron chi connectivity index (χ3n) is 3.53. The van der Waals surface area contributed by atoms with Gasteiger partial charge in [0.25, 0.3) is 0 Å². The van der Waals surface area contributed by atoms with Gasteiger partial charge < -0.3 is 19.5 Å². The molecule has 1 atom stereocenters. The van der Waals surface area contributed by atoms with Crippen molar-refractivity contribution >= 4 is 23.3 Å². The van der Waals surface area contributed by atoms with Crippen LogP contribution in [0.2, 0.25) is 5.02 Å². The summed E-state index contributed by atoms with van der Waals surface area (Å²) in [5.41, 5.74) is 1.34. The van der Waals surface area contributed by atoms with E-state index in [1.807, 2.05) is 12.1 Å². The predicted octanol–water partition coefficient (Wildman–Crippen LogP) is -0.363. The van der Waals surface area contributed by atoms with Crippen molar-refractivity contribution < 1.29 is 37.9 Å². The van der Waals surface area contributed by atoms with Crippen LogP contribution in [0.1, 0.15) is 12.5 Å². The largest absolute Gasteiger partial charge is 1.00 e. The number of carboxylic acids is 1. The number of aliphatic carboxylic acids is 1. The molecule has 0 N–H and O–H groups in total. The first-order chi connectivity index (χ1) is 10.9. The molecule has 0 heterocycles. The molecule has 7 heteroatoms. The Bertz CT molecular complexity index is 714. The van der Waals surface area contributed by atoms with E-state index in [1.54, 1.807) is 24.1 Å². The van der Waals surface area contributed by atoms with Gasteiger partial charge in [-0.15, -0.1) is 0 Å². The summed E-state index contributed by atoms with van der Waals surface area (Å²) in [5, 5.41) is 11.2. The second-order valence-electron chi connectivity index (χ2n) is 5.07. The Morgan fingerprint density at radius 3 is 2.62 bits per heavy atom. The van der Waals surface area contributed by atoms with Gasteiger partial charge in [0.15, 0.2) is 0 Å². The number of carboxylic acid groups (broad SMARTS) is 1. The van der Waals surface area contributed by atoms with Gasteiger partial charge in [-0.2, -0.15) is 0 Å². The second kappa shape index (κ2) is 8.98. The summed E-state index contributed by atoms with van der Waals surface area (Å²) >= 11 is 5.81. The molecule has 2 aromatic carbocycles. The molecule has 0 bridgehead atoms. The number of halogens is 2. The van der Waals surface area contributed by atoms with E-state index in [4.69, 9.17) is 16.3 Å². The maximum atomic E-state index is 13.4. The predicted molar refractivity (Wildman–Crippen MR) is 85.1 cm³/mol. The Kier molecular flexibility index (Phi) is 7.62. The standard InChI is InChI=1S/C17H17ClFNO3.Li/c1-11(17(21)22)20(13-6-7-16(19)15(18)9-13)10-12-4-3-5-14(8-12)23-2;/h3-9,11H,10H2,1-2H3,(H,21,22);/q;+1/p-1/t11-;/m0./s1. The molecule has 0 radical (unpaired) electrons. The molecule has 2 rings (SSSR count). The van der Waals surface area contributed by atoms with Crippen LogP contribution >= 0.6 is 11.6 Å². The monoisotopic (exact) mass is 343 g/mol. The van der Waals surface area contributed by atoms with Gasteiger partial charge in [0.2, 0.25) is 0 Å². The Balaban J connectivity index is 0.00000288. The molecular weight excluding hydrogens is 328 g/mol. The first-order valence-electron chi connectivity index (χ1n) is 6.98. The van der Waals surface area contributed by atoms with Crippen LogP contribution in [0.3, 0.4) is 0 Å². The summed E-state index contributed by atoms with van der Waals surface area (Å²) in [6, 6.07) is 10.4. The number of methoxy groups -OCH3 is 1. The summed E-state index contributed by atoms with van der Waals surface area (Å²) in [7, 11) is 1.56. The van der Waals surface area contributed by atoms with Crippen LogP contribution in [0.25, 0.3) is 0 Å². The Labute approximate surface area is 157 Å². The van der Waals surface area contributed by atoms with Crippen LogP contribution in [-0.4, -0.2) is 19.1 Å². The smallest absolute Gasteiger partial charge is 0.548 e. The molecule has 0 amide bonds. The van der Waals surface area contributed by atoms with Crippen LogP contribution in [-0.2, 0) is 11.3 Å². The van der Waals surface area contributed by atoms with E-state index < -0.39 is 17.8 Å². The number of benzene rings is 2. The molecule has 0 aliphatic rings. The normalized spacial score (nSPS) is 11.3. The second-order valence-corrected chi connectivity index (χ2v) is 5.48. The van der Waals surface area contributed by atoms with Crippen molar-refractivity contribution in [3.8, 4) is 5.75 Å². The summed E-state index contributed by atoms with van der Waals surface area (Å²) in [4.78, 5) is 12.9. The van der Waals surface area contributed by atoms with Gasteiger partial charge in [-0.3, -0.25) is 0 Å². The topological polar surface area (TPSA) is 52.6 Å². The zero-order valence-electron chi connectivity index (χ0n) is 13.8. The average Bonchev–Trinajstić information content (AvgIpc) is 2.54. The van der Waals surface area contributed by atoms with Crippen molar-refractivity contribution in [1.29, 1.82) is 0 Å². The van der Waals surface area contributed by atoms with E-state index in [2.05, 4.69) is 0 Å².